The summed E-state index contributed by atoms with van der Waals surface area (Å²) in [4.78, 5) is 0. The summed E-state index contributed by atoms with van der Waals surface area (Å²) in [6.07, 6.45) is 0. The van der Waals surface area contributed by atoms with Gasteiger partial charge in [-0.15, -0.1) is 0 Å². The molecule has 1 aromatic heterocycles. The molecule has 1 rings (SSSR count). The summed E-state index contributed by atoms with van der Waals surface area (Å²) in [5.41, 5.74) is 2.25. The van der Waals surface area contributed by atoms with E-state index in [1.165, 1.54) is 5.69 Å². The van der Waals surface area contributed by atoms with Crippen molar-refractivity contribution < 1.29 is 4.74 Å². The first-order chi connectivity index (χ1) is 7.70. The Labute approximate surface area is 105 Å². The Bertz CT molecular complexity index is 325. The average Bonchev–Trinajstić information content (AvgIpc) is 2.56. The highest BCUT2D eigenvalue weighted by atomic mass is 79.9. The predicted octanol–water partition coefficient (Wildman–Crippen LogP) is 2.10. The number of nitrogens with zero attached hydrogens (tertiary/aromatic N) is 2. The van der Waals surface area contributed by atoms with E-state index in [1.54, 1.807) is 0 Å². The van der Waals surface area contributed by atoms with Gasteiger partial charge in [0.05, 0.1) is 22.5 Å². The number of aryl methyl sites for hydroxylation is 2. The van der Waals surface area contributed by atoms with Crippen LogP contribution in [-0.4, -0.2) is 29.5 Å². The molecule has 0 saturated heterocycles. The molecule has 0 unspecified atom stereocenters. The molecule has 0 aliphatic carbocycles. The lowest BCUT2D eigenvalue weighted by Crippen LogP contribution is -2.21. The smallest absolute Gasteiger partial charge is 0.0739 e. The van der Waals surface area contributed by atoms with Crippen LogP contribution in [0.5, 0.6) is 0 Å². The van der Waals surface area contributed by atoms with E-state index in [2.05, 4.69) is 33.3 Å². The molecular weight excluding hydrogens is 270 g/mol. The molecule has 5 heteroatoms. The van der Waals surface area contributed by atoms with Gasteiger partial charge in [-0.1, -0.05) is 0 Å². The Morgan fingerprint density at radius 2 is 2.19 bits per heavy atom. The Balaban J connectivity index is 2.46. The molecule has 0 atom stereocenters. The molecule has 0 aliphatic heterocycles. The SMILES string of the molecule is CCOCCNCc1c(Br)c(C)nn1CC. The van der Waals surface area contributed by atoms with Gasteiger partial charge in [-0.2, -0.15) is 5.10 Å². The van der Waals surface area contributed by atoms with Gasteiger partial charge in [0.25, 0.3) is 0 Å². The molecule has 1 aromatic rings. The standard InChI is InChI=1S/C11H20BrN3O/c1-4-15-10(11(12)9(3)14-15)8-13-6-7-16-5-2/h13H,4-8H2,1-3H3. The van der Waals surface area contributed by atoms with Crippen LogP contribution in [0.3, 0.4) is 0 Å². The summed E-state index contributed by atoms with van der Waals surface area (Å²) in [5.74, 6) is 0. The number of aromatic nitrogens is 2. The second-order valence-corrected chi connectivity index (χ2v) is 4.33. The second-order valence-electron chi connectivity index (χ2n) is 3.54. The average molecular weight is 290 g/mol. The highest BCUT2D eigenvalue weighted by molar-refractivity contribution is 9.10. The monoisotopic (exact) mass is 289 g/mol. The molecule has 1 heterocycles. The zero-order chi connectivity index (χ0) is 12.0. The van der Waals surface area contributed by atoms with Crippen molar-refractivity contribution in [1.29, 1.82) is 0 Å². The number of hydrogen-bond donors (Lipinski definition) is 1. The van der Waals surface area contributed by atoms with Crippen LogP contribution in [0.15, 0.2) is 4.47 Å². The number of halogens is 1. The van der Waals surface area contributed by atoms with Crippen molar-refractivity contribution in [3.63, 3.8) is 0 Å². The van der Waals surface area contributed by atoms with Crippen LogP contribution >= 0.6 is 15.9 Å². The predicted molar refractivity (Wildman–Crippen MR) is 68.5 cm³/mol. The summed E-state index contributed by atoms with van der Waals surface area (Å²) in [7, 11) is 0. The Morgan fingerprint density at radius 1 is 1.44 bits per heavy atom. The van der Waals surface area contributed by atoms with Crippen LogP contribution in [0.4, 0.5) is 0 Å². The summed E-state index contributed by atoms with van der Waals surface area (Å²) in [5, 5.41) is 7.79. The van der Waals surface area contributed by atoms with Crippen molar-refractivity contribution >= 4 is 15.9 Å². The first-order valence-electron chi connectivity index (χ1n) is 5.70. The summed E-state index contributed by atoms with van der Waals surface area (Å²) < 4.78 is 8.40. The topological polar surface area (TPSA) is 39.1 Å². The van der Waals surface area contributed by atoms with Crippen LogP contribution in [-0.2, 0) is 17.8 Å². The van der Waals surface area contributed by atoms with E-state index in [1.807, 2.05) is 18.5 Å². The van der Waals surface area contributed by atoms with Crippen molar-refractivity contribution in [2.45, 2.75) is 33.9 Å². The van der Waals surface area contributed by atoms with Crippen molar-refractivity contribution in [3.8, 4) is 0 Å². The second kappa shape index (κ2) is 7.04. The molecule has 0 fully saturated rings. The van der Waals surface area contributed by atoms with Gasteiger partial charge in [0.2, 0.25) is 0 Å². The lowest BCUT2D eigenvalue weighted by molar-refractivity contribution is 0.149. The molecule has 0 radical (unpaired) electrons. The van der Waals surface area contributed by atoms with E-state index in [0.717, 1.165) is 43.0 Å². The van der Waals surface area contributed by atoms with Crippen LogP contribution in [0.2, 0.25) is 0 Å². The van der Waals surface area contributed by atoms with Gasteiger partial charge in [0, 0.05) is 26.2 Å². The van der Waals surface area contributed by atoms with Gasteiger partial charge in [-0.3, -0.25) is 4.68 Å². The number of nitrogens with one attached hydrogen (secondary N) is 1. The third-order valence-electron chi connectivity index (χ3n) is 2.37. The third-order valence-corrected chi connectivity index (χ3v) is 3.40. The van der Waals surface area contributed by atoms with E-state index in [9.17, 15) is 0 Å². The maximum atomic E-state index is 5.27. The first-order valence-corrected chi connectivity index (χ1v) is 6.50. The maximum absolute atomic E-state index is 5.27. The zero-order valence-electron chi connectivity index (χ0n) is 10.2. The van der Waals surface area contributed by atoms with E-state index in [-0.39, 0.29) is 0 Å². The lowest BCUT2D eigenvalue weighted by atomic mass is 10.3. The van der Waals surface area contributed by atoms with Crippen molar-refractivity contribution in [2.75, 3.05) is 19.8 Å². The Morgan fingerprint density at radius 3 is 2.81 bits per heavy atom. The van der Waals surface area contributed by atoms with Crippen LogP contribution in [0, 0.1) is 6.92 Å². The van der Waals surface area contributed by atoms with Gasteiger partial charge >= 0.3 is 0 Å². The minimum Gasteiger partial charge on any atom is -0.380 e. The quantitative estimate of drug-likeness (QED) is 0.782. The molecule has 1 N–H and O–H groups in total. The molecule has 0 aliphatic rings. The van der Waals surface area contributed by atoms with Crippen LogP contribution in [0.25, 0.3) is 0 Å². The van der Waals surface area contributed by atoms with Crippen molar-refractivity contribution in [2.24, 2.45) is 0 Å². The minimum absolute atomic E-state index is 0.757. The zero-order valence-corrected chi connectivity index (χ0v) is 11.8. The molecule has 0 saturated carbocycles. The van der Waals surface area contributed by atoms with Crippen LogP contribution < -0.4 is 5.32 Å². The van der Waals surface area contributed by atoms with E-state index < -0.39 is 0 Å². The molecule has 92 valence electrons. The van der Waals surface area contributed by atoms with E-state index >= 15 is 0 Å². The molecule has 16 heavy (non-hydrogen) atoms. The Kier molecular flexibility index (Phi) is 6.01. The van der Waals surface area contributed by atoms with Crippen molar-refractivity contribution in [3.05, 3.63) is 15.9 Å². The fraction of sp³-hybridized carbons (Fsp3) is 0.727. The summed E-state index contributed by atoms with van der Waals surface area (Å²) in [6.45, 7) is 10.2. The number of ether oxygens (including phenoxy) is 1. The van der Waals surface area contributed by atoms with Crippen LogP contribution in [0.1, 0.15) is 25.2 Å². The van der Waals surface area contributed by atoms with Gasteiger partial charge in [0.1, 0.15) is 0 Å². The maximum Gasteiger partial charge on any atom is 0.0739 e. The van der Waals surface area contributed by atoms with Crippen molar-refractivity contribution in [1.82, 2.24) is 15.1 Å². The molecule has 0 spiro atoms. The van der Waals surface area contributed by atoms with E-state index in [0.29, 0.717) is 0 Å². The highest BCUT2D eigenvalue weighted by Gasteiger charge is 2.10. The minimum atomic E-state index is 0.757. The molecule has 4 nitrogen and oxygen atoms in total. The molecule has 0 aromatic carbocycles. The third kappa shape index (κ3) is 3.57. The largest absolute Gasteiger partial charge is 0.380 e. The van der Waals surface area contributed by atoms with Gasteiger partial charge in [0.15, 0.2) is 0 Å². The fourth-order valence-electron chi connectivity index (χ4n) is 1.53. The Hall–Kier alpha value is -0.390. The highest BCUT2D eigenvalue weighted by Crippen LogP contribution is 2.20. The summed E-state index contributed by atoms with van der Waals surface area (Å²) in [6, 6.07) is 0. The molecular formula is C11H20BrN3O. The fourth-order valence-corrected chi connectivity index (χ4v) is 1.96. The lowest BCUT2D eigenvalue weighted by Gasteiger charge is -2.07. The van der Waals surface area contributed by atoms with Gasteiger partial charge < -0.3 is 10.1 Å². The number of hydrogen-bond acceptors (Lipinski definition) is 3. The van der Waals surface area contributed by atoms with Gasteiger partial charge in [-0.05, 0) is 36.7 Å². The first kappa shape index (κ1) is 13.7. The molecule has 0 bridgehead atoms. The number of rotatable bonds is 7. The summed E-state index contributed by atoms with van der Waals surface area (Å²) >= 11 is 3.57. The normalized spacial score (nSPS) is 11.0. The van der Waals surface area contributed by atoms with E-state index in [4.69, 9.17) is 4.74 Å². The van der Waals surface area contributed by atoms with Gasteiger partial charge in [-0.25, -0.2) is 0 Å². The molecule has 0 amide bonds.